The summed E-state index contributed by atoms with van der Waals surface area (Å²) in [6, 6.07) is 7.74. The van der Waals surface area contributed by atoms with Gasteiger partial charge in [0.2, 0.25) is 5.91 Å². The number of amides is 1. The minimum absolute atomic E-state index is 0.00635. The summed E-state index contributed by atoms with van der Waals surface area (Å²) in [5.74, 6) is 0.802. The minimum Gasteiger partial charge on any atom is -0.497 e. The van der Waals surface area contributed by atoms with Crippen molar-refractivity contribution in [3.05, 3.63) is 29.8 Å². The number of hydrogen-bond acceptors (Lipinski definition) is 3. The molecule has 0 unspecified atom stereocenters. The quantitative estimate of drug-likeness (QED) is 0.836. The zero-order valence-electron chi connectivity index (χ0n) is 12.0. The monoisotopic (exact) mass is 277 g/mol. The van der Waals surface area contributed by atoms with Crippen molar-refractivity contribution in [1.82, 2.24) is 5.32 Å². The van der Waals surface area contributed by atoms with Crippen LogP contribution in [0.5, 0.6) is 5.75 Å². The van der Waals surface area contributed by atoms with Crippen LogP contribution < -0.4 is 10.1 Å². The predicted octanol–water partition coefficient (Wildman–Crippen LogP) is 2.05. The fourth-order valence-corrected chi connectivity index (χ4v) is 2.65. The number of aliphatic hydroxyl groups is 1. The highest BCUT2D eigenvalue weighted by molar-refractivity contribution is 5.76. The van der Waals surface area contributed by atoms with Gasteiger partial charge in [0.25, 0.3) is 0 Å². The van der Waals surface area contributed by atoms with Gasteiger partial charge in [-0.15, -0.1) is 0 Å². The van der Waals surface area contributed by atoms with E-state index in [1.807, 2.05) is 24.3 Å². The molecule has 2 rings (SSSR count). The number of benzene rings is 1. The molecule has 1 aromatic rings. The van der Waals surface area contributed by atoms with E-state index in [0.717, 1.165) is 37.0 Å². The number of carbonyl (C=O) groups is 1. The van der Waals surface area contributed by atoms with Crippen LogP contribution in [0.1, 0.15) is 37.7 Å². The maximum absolute atomic E-state index is 11.8. The van der Waals surface area contributed by atoms with Crippen LogP contribution >= 0.6 is 0 Å². The van der Waals surface area contributed by atoms with Crippen molar-refractivity contribution in [3.63, 3.8) is 0 Å². The third-order valence-electron chi connectivity index (χ3n) is 3.92. The largest absolute Gasteiger partial charge is 0.497 e. The van der Waals surface area contributed by atoms with Gasteiger partial charge in [-0.1, -0.05) is 25.0 Å². The third kappa shape index (κ3) is 4.23. The summed E-state index contributed by atoms with van der Waals surface area (Å²) in [4.78, 5) is 11.8. The molecule has 0 heterocycles. The number of carbonyl (C=O) groups excluding carboxylic acids is 1. The molecule has 1 aliphatic carbocycles. The van der Waals surface area contributed by atoms with E-state index in [4.69, 9.17) is 4.74 Å². The Hall–Kier alpha value is -1.55. The van der Waals surface area contributed by atoms with Crippen molar-refractivity contribution in [3.8, 4) is 5.75 Å². The average Bonchev–Trinajstić information content (AvgIpc) is 2.90. The molecule has 0 radical (unpaired) electrons. The Morgan fingerprint density at radius 3 is 2.85 bits per heavy atom. The van der Waals surface area contributed by atoms with E-state index >= 15 is 0 Å². The number of hydrogen-bond donors (Lipinski definition) is 2. The first-order valence-corrected chi connectivity index (χ1v) is 7.23. The maximum atomic E-state index is 11.8. The zero-order chi connectivity index (χ0) is 14.4. The van der Waals surface area contributed by atoms with Crippen molar-refractivity contribution in [1.29, 1.82) is 0 Å². The topological polar surface area (TPSA) is 58.6 Å². The van der Waals surface area contributed by atoms with Crippen molar-refractivity contribution in [2.45, 2.75) is 44.1 Å². The molecule has 1 aromatic carbocycles. The van der Waals surface area contributed by atoms with Gasteiger partial charge in [0.1, 0.15) is 5.75 Å². The lowest BCUT2D eigenvalue weighted by Crippen LogP contribution is -2.40. The fraction of sp³-hybridized carbons (Fsp3) is 0.562. The lowest BCUT2D eigenvalue weighted by molar-refractivity contribution is -0.122. The summed E-state index contributed by atoms with van der Waals surface area (Å²) < 4.78 is 5.16. The molecule has 2 N–H and O–H groups in total. The van der Waals surface area contributed by atoms with E-state index in [1.54, 1.807) is 7.11 Å². The molecule has 0 spiro atoms. The Balaban J connectivity index is 1.74. The van der Waals surface area contributed by atoms with Gasteiger partial charge in [0.05, 0.1) is 12.7 Å². The van der Waals surface area contributed by atoms with E-state index in [0.29, 0.717) is 19.4 Å². The highest BCUT2D eigenvalue weighted by atomic mass is 16.5. The Kier molecular flexibility index (Phi) is 5.01. The number of ether oxygens (including phenoxy) is 1. The molecule has 20 heavy (non-hydrogen) atoms. The molecule has 0 aliphatic heterocycles. The molecule has 0 aromatic heterocycles. The van der Waals surface area contributed by atoms with Gasteiger partial charge in [0, 0.05) is 13.0 Å². The second-order valence-corrected chi connectivity index (χ2v) is 5.56. The molecule has 4 heteroatoms. The highest BCUT2D eigenvalue weighted by Crippen LogP contribution is 2.28. The smallest absolute Gasteiger partial charge is 0.220 e. The summed E-state index contributed by atoms with van der Waals surface area (Å²) in [6.07, 6.45) is 4.81. The maximum Gasteiger partial charge on any atom is 0.220 e. The van der Waals surface area contributed by atoms with Crippen molar-refractivity contribution < 1.29 is 14.6 Å². The van der Waals surface area contributed by atoms with E-state index in [2.05, 4.69) is 5.32 Å². The lowest BCUT2D eigenvalue weighted by Gasteiger charge is -2.22. The van der Waals surface area contributed by atoms with Gasteiger partial charge >= 0.3 is 0 Å². The molecule has 0 bridgehead atoms. The van der Waals surface area contributed by atoms with Gasteiger partial charge in [-0.25, -0.2) is 0 Å². The lowest BCUT2D eigenvalue weighted by atomic mass is 10.0. The van der Waals surface area contributed by atoms with Gasteiger partial charge < -0.3 is 15.2 Å². The minimum atomic E-state index is -0.675. The van der Waals surface area contributed by atoms with Gasteiger partial charge in [-0.3, -0.25) is 4.79 Å². The first kappa shape index (κ1) is 14.9. The van der Waals surface area contributed by atoms with E-state index in [1.165, 1.54) is 0 Å². The normalized spacial score (nSPS) is 16.9. The van der Waals surface area contributed by atoms with E-state index < -0.39 is 5.60 Å². The van der Waals surface area contributed by atoms with Crippen LogP contribution in [0, 0.1) is 0 Å². The van der Waals surface area contributed by atoms with Crippen molar-refractivity contribution >= 4 is 5.91 Å². The summed E-state index contributed by atoms with van der Waals surface area (Å²) >= 11 is 0. The first-order valence-electron chi connectivity index (χ1n) is 7.23. The molecule has 110 valence electrons. The van der Waals surface area contributed by atoms with Crippen molar-refractivity contribution in [2.24, 2.45) is 0 Å². The molecule has 1 fully saturated rings. The predicted molar refractivity (Wildman–Crippen MR) is 77.7 cm³/mol. The van der Waals surface area contributed by atoms with Gasteiger partial charge in [-0.05, 0) is 37.0 Å². The van der Waals surface area contributed by atoms with Crippen LogP contribution in [0.4, 0.5) is 0 Å². The summed E-state index contributed by atoms with van der Waals surface area (Å²) in [7, 11) is 1.63. The standard InChI is InChI=1S/C16H23NO3/c1-20-14-6-4-5-13(11-14)7-8-15(18)17-12-16(19)9-2-3-10-16/h4-6,11,19H,2-3,7-10,12H2,1H3,(H,17,18). The summed E-state index contributed by atoms with van der Waals surface area (Å²) in [5.41, 5.74) is 0.408. The molecular formula is C16H23NO3. The number of nitrogens with one attached hydrogen (secondary N) is 1. The second-order valence-electron chi connectivity index (χ2n) is 5.56. The summed E-state index contributed by atoms with van der Waals surface area (Å²) in [5, 5.41) is 13.0. The van der Waals surface area contributed by atoms with Crippen molar-refractivity contribution in [2.75, 3.05) is 13.7 Å². The summed E-state index contributed by atoms with van der Waals surface area (Å²) in [6.45, 7) is 0.379. The average molecular weight is 277 g/mol. The molecule has 1 amide bonds. The number of rotatable bonds is 6. The Bertz CT molecular complexity index is 453. The van der Waals surface area contributed by atoms with Gasteiger partial charge in [-0.2, -0.15) is 0 Å². The SMILES string of the molecule is COc1cccc(CCC(=O)NCC2(O)CCCC2)c1. The van der Waals surface area contributed by atoms with Crippen LogP contribution in [0.25, 0.3) is 0 Å². The Morgan fingerprint density at radius 1 is 1.40 bits per heavy atom. The fourth-order valence-electron chi connectivity index (χ4n) is 2.65. The third-order valence-corrected chi connectivity index (χ3v) is 3.92. The first-order chi connectivity index (χ1) is 9.61. The molecule has 1 aliphatic rings. The highest BCUT2D eigenvalue weighted by Gasteiger charge is 2.31. The van der Waals surface area contributed by atoms with Crippen LogP contribution in [0.2, 0.25) is 0 Å². The van der Waals surface area contributed by atoms with Crippen LogP contribution in [-0.2, 0) is 11.2 Å². The Labute approximate surface area is 120 Å². The molecule has 1 saturated carbocycles. The van der Waals surface area contributed by atoms with Crippen LogP contribution in [0.3, 0.4) is 0 Å². The van der Waals surface area contributed by atoms with Crippen LogP contribution in [-0.4, -0.2) is 30.3 Å². The second kappa shape index (κ2) is 6.75. The zero-order valence-corrected chi connectivity index (χ0v) is 12.0. The molecular weight excluding hydrogens is 254 g/mol. The van der Waals surface area contributed by atoms with E-state index in [9.17, 15) is 9.90 Å². The molecule has 0 saturated heterocycles. The number of methoxy groups -OCH3 is 1. The number of aryl methyl sites for hydroxylation is 1. The Morgan fingerprint density at radius 2 is 2.15 bits per heavy atom. The molecule has 0 atom stereocenters. The molecule has 4 nitrogen and oxygen atoms in total. The van der Waals surface area contributed by atoms with E-state index in [-0.39, 0.29) is 5.91 Å². The van der Waals surface area contributed by atoms with Gasteiger partial charge in [0.15, 0.2) is 0 Å². The van der Waals surface area contributed by atoms with Crippen LogP contribution in [0.15, 0.2) is 24.3 Å².